The van der Waals surface area contributed by atoms with Crippen molar-refractivity contribution >= 4 is 19.8 Å². The number of quaternary nitrogens is 1. The van der Waals surface area contributed by atoms with Crippen LogP contribution in [-0.2, 0) is 32.7 Å². The molecule has 2 unspecified atom stereocenters. The lowest BCUT2D eigenvalue weighted by Crippen LogP contribution is -2.37. The van der Waals surface area contributed by atoms with E-state index in [4.69, 9.17) is 18.5 Å². The van der Waals surface area contributed by atoms with Crippen LogP contribution >= 0.6 is 7.82 Å². The number of hydrogen-bond donors (Lipinski definition) is 1. The van der Waals surface area contributed by atoms with Gasteiger partial charge in [-0.3, -0.25) is 18.6 Å². The molecule has 0 aliphatic heterocycles. The summed E-state index contributed by atoms with van der Waals surface area (Å²) in [6.07, 6.45) is 51.8. The molecule has 0 aromatic heterocycles. The van der Waals surface area contributed by atoms with Crippen LogP contribution in [0.3, 0.4) is 0 Å². The van der Waals surface area contributed by atoms with Crippen molar-refractivity contribution in [2.45, 2.75) is 219 Å². The quantitative estimate of drug-likeness (QED) is 0.0212. The number of hydrogen-bond acceptors (Lipinski definition) is 7. The van der Waals surface area contributed by atoms with E-state index in [2.05, 4.69) is 62.5 Å². The Labute approximate surface area is 375 Å². The fourth-order valence-electron chi connectivity index (χ4n) is 6.67. The van der Waals surface area contributed by atoms with Gasteiger partial charge < -0.3 is 18.9 Å². The second-order valence-electron chi connectivity index (χ2n) is 17.8. The van der Waals surface area contributed by atoms with Crippen molar-refractivity contribution in [1.29, 1.82) is 0 Å². The zero-order valence-electron chi connectivity index (χ0n) is 40.1. The molecule has 0 radical (unpaired) electrons. The number of carbonyl (C=O) groups excluding carboxylic acids is 2. The van der Waals surface area contributed by atoms with E-state index in [1.807, 2.05) is 21.1 Å². The third-order valence-electron chi connectivity index (χ3n) is 10.6. The fraction of sp³-hybridized carbons (Fsp3) is 0.804. The fourth-order valence-corrected chi connectivity index (χ4v) is 7.41. The molecule has 1 N–H and O–H groups in total. The van der Waals surface area contributed by atoms with E-state index in [0.717, 1.165) is 77.0 Å². The highest BCUT2D eigenvalue weighted by Gasteiger charge is 2.27. The molecule has 2 atom stereocenters. The monoisotopic (exact) mass is 881 g/mol. The van der Waals surface area contributed by atoms with Gasteiger partial charge in [0.15, 0.2) is 6.10 Å². The summed E-state index contributed by atoms with van der Waals surface area (Å²) in [6.45, 7) is 4.34. The number of allylic oxidation sites excluding steroid dienone is 8. The Bertz CT molecular complexity index is 1180. The number of carbonyl (C=O) groups is 2. The van der Waals surface area contributed by atoms with Crippen LogP contribution in [0, 0.1) is 0 Å². The Balaban J connectivity index is 4.14. The van der Waals surface area contributed by atoms with Crippen LogP contribution in [0.5, 0.6) is 0 Å². The highest BCUT2D eigenvalue weighted by Crippen LogP contribution is 2.43. The number of phosphoric acid groups is 1. The molecule has 0 amide bonds. The minimum atomic E-state index is -4.38. The summed E-state index contributed by atoms with van der Waals surface area (Å²) in [5.74, 6) is -0.812. The molecule has 0 aromatic rings. The molecular weight excluding hydrogens is 786 g/mol. The van der Waals surface area contributed by atoms with Gasteiger partial charge in [0.25, 0.3) is 0 Å². The van der Waals surface area contributed by atoms with Gasteiger partial charge in [-0.05, 0) is 70.6 Å². The number of likely N-dealkylation sites (N-methyl/N-ethyl adjacent to an activating group) is 1. The SMILES string of the molecule is CCC/C=C\CCCCCCCC(=O)OCC(COP(=O)(O)OCC[N+](C)(C)C)OC(=O)CCCCCCCCCCCCCC/C=C\C/C=C\C/C=C\CCCCCCC. The van der Waals surface area contributed by atoms with E-state index in [-0.39, 0.29) is 32.0 Å². The Morgan fingerprint density at radius 3 is 1.39 bits per heavy atom. The van der Waals surface area contributed by atoms with Gasteiger partial charge in [0.05, 0.1) is 27.7 Å². The topological polar surface area (TPSA) is 108 Å². The number of ether oxygens (including phenoxy) is 2. The second-order valence-corrected chi connectivity index (χ2v) is 19.3. The van der Waals surface area contributed by atoms with Crippen LogP contribution in [0.2, 0.25) is 0 Å². The molecule has 61 heavy (non-hydrogen) atoms. The molecule has 10 heteroatoms. The van der Waals surface area contributed by atoms with Crippen LogP contribution in [0.25, 0.3) is 0 Å². The van der Waals surface area contributed by atoms with Gasteiger partial charge in [-0.25, -0.2) is 4.57 Å². The van der Waals surface area contributed by atoms with Gasteiger partial charge in [-0.15, -0.1) is 0 Å². The Morgan fingerprint density at radius 1 is 0.508 bits per heavy atom. The van der Waals surface area contributed by atoms with Crippen molar-refractivity contribution in [3.8, 4) is 0 Å². The molecule has 9 nitrogen and oxygen atoms in total. The van der Waals surface area contributed by atoms with Crippen molar-refractivity contribution < 1.29 is 42.1 Å². The van der Waals surface area contributed by atoms with Crippen LogP contribution in [0.1, 0.15) is 213 Å². The first kappa shape index (κ1) is 59.0. The normalized spacial score (nSPS) is 13.9. The highest BCUT2D eigenvalue weighted by molar-refractivity contribution is 7.47. The molecule has 0 saturated heterocycles. The van der Waals surface area contributed by atoms with Crippen molar-refractivity contribution in [3.63, 3.8) is 0 Å². The zero-order valence-corrected chi connectivity index (χ0v) is 41.0. The van der Waals surface area contributed by atoms with E-state index in [0.29, 0.717) is 17.4 Å². The van der Waals surface area contributed by atoms with Gasteiger partial charge in [0.2, 0.25) is 0 Å². The number of esters is 2. The van der Waals surface area contributed by atoms with Crippen LogP contribution < -0.4 is 0 Å². The highest BCUT2D eigenvalue weighted by atomic mass is 31.2. The largest absolute Gasteiger partial charge is 0.472 e. The second kappa shape index (κ2) is 43.2. The number of rotatable bonds is 45. The summed E-state index contributed by atoms with van der Waals surface area (Å²) in [7, 11) is 1.47. The summed E-state index contributed by atoms with van der Waals surface area (Å²) in [6, 6.07) is 0. The minimum absolute atomic E-state index is 0.0292. The molecule has 0 aliphatic carbocycles. The van der Waals surface area contributed by atoms with Crippen LogP contribution in [0.4, 0.5) is 0 Å². The molecule has 0 bridgehead atoms. The van der Waals surface area contributed by atoms with Gasteiger partial charge in [-0.1, -0.05) is 178 Å². The van der Waals surface area contributed by atoms with Gasteiger partial charge in [0.1, 0.15) is 19.8 Å². The van der Waals surface area contributed by atoms with Crippen molar-refractivity contribution in [2.24, 2.45) is 0 Å². The lowest BCUT2D eigenvalue weighted by atomic mass is 10.0. The molecule has 0 saturated carbocycles. The maximum Gasteiger partial charge on any atom is 0.472 e. The molecule has 0 fully saturated rings. The lowest BCUT2D eigenvalue weighted by Gasteiger charge is -2.24. The van der Waals surface area contributed by atoms with Gasteiger partial charge in [-0.2, -0.15) is 0 Å². The molecule has 0 aromatic carbocycles. The summed E-state index contributed by atoms with van der Waals surface area (Å²) in [5.41, 5.74) is 0. The van der Waals surface area contributed by atoms with Crippen LogP contribution in [0.15, 0.2) is 48.6 Å². The first-order valence-electron chi connectivity index (χ1n) is 24.9. The Morgan fingerprint density at radius 2 is 0.918 bits per heavy atom. The van der Waals surface area contributed by atoms with E-state index in [9.17, 15) is 19.0 Å². The standard InChI is InChI=1S/C51H94NO8P/c1-6-8-10-12-14-16-18-19-20-21-22-23-24-25-26-27-28-29-30-31-32-33-34-36-38-40-42-44-51(54)60-49(48-59-61(55,56)58-46-45-52(3,4)5)47-57-50(53)43-41-39-37-35-17-15-13-11-9-7-2/h11,13,18-19,21-22,24-25,49H,6-10,12,14-17,20,23,26-48H2,1-5H3/p+1/b13-11-,19-18-,22-21-,25-24-. The van der Waals surface area contributed by atoms with Crippen LogP contribution in [-0.4, -0.2) is 74.9 Å². The summed E-state index contributed by atoms with van der Waals surface area (Å²) >= 11 is 0. The summed E-state index contributed by atoms with van der Waals surface area (Å²) in [5, 5.41) is 0. The molecular formula is C51H95NO8P+. The number of nitrogens with zero attached hydrogens (tertiary/aromatic N) is 1. The predicted octanol–water partition coefficient (Wildman–Crippen LogP) is 14.6. The number of phosphoric ester groups is 1. The lowest BCUT2D eigenvalue weighted by molar-refractivity contribution is -0.870. The maximum absolute atomic E-state index is 12.7. The molecule has 0 spiro atoms. The third-order valence-corrected chi connectivity index (χ3v) is 11.5. The average Bonchev–Trinajstić information content (AvgIpc) is 3.21. The maximum atomic E-state index is 12.7. The Kier molecular flexibility index (Phi) is 41.8. The van der Waals surface area contributed by atoms with Gasteiger partial charge in [0, 0.05) is 12.8 Å². The van der Waals surface area contributed by atoms with Crippen molar-refractivity contribution in [2.75, 3.05) is 47.5 Å². The first-order valence-corrected chi connectivity index (χ1v) is 26.4. The molecule has 0 aliphatic rings. The van der Waals surface area contributed by atoms with Gasteiger partial charge >= 0.3 is 19.8 Å². The molecule has 0 rings (SSSR count). The van der Waals surface area contributed by atoms with E-state index in [1.165, 1.54) is 103 Å². The van der Waals surface area contributed by atoms with Crippen molar-refractivity contribution in [1.82, 2.24) is 0 Å². The summed E-state index contributed by atoms with van der Waals surface area (Å²) < 4.78 is 34.3. The zero-order chi connectivity index (χ0) is 45.0. The smallest absolute Gasteiger partial charge is 0.462 e. The van der Waals surface area contributed by atoms with Crippen molar-refractivity contribution in [3.05, 3.63) is 48.6 Å². The van der Waals surface area contributed by atoms with E-state index in [1.54, 1.807) is 0 Å². The van der Waals surface area contributed by atoms with E-state index >= 15 is 0 Å². The molecule has 356 valence electrons. The average molecular weight is 881 g/mol. The van der Waals surface area contributed by atoms with E-state index < -0.39 is 26.5 Å². The minimum Gasteiger partial charge on any atom is -0.462 e. The molecule has 0 heterocycles. The Hall–Kier alpha value is -2.03. The third kappa shape index (κ3) is 47.3. The summed E-state index contributed by atoms with van der Waals surface area (Å²) in [4.78, 5) is 35.4. The number of unbranched alkanes of at least 4 members (excludes halogenated alkanes) is 23. The first-order chi connectivity index (χ1) is 29.5. The predicted molar refractivity (Wildman–Crippen MR) is 257 cm³/mol.